The molecule has 1 aliphatic heterocycles. The molecule has 0 aliphatic carbocycles. The number of hydrogen-bond acceptors (Lipinski definition) is 5. The van der Waals surface area contributed by atoms with Crippen LogP contribution in [0.5, 0.6) is 0 Å². The highest BCUT2D eigenvalue weighted by Crippen LogP contribution is 2.22. The number of aromatic nitrogens is 3. The predicted octanol–water partition coefficient (Wildman–Crippen LogP) is 0.716. The van der Waals surface area contributed by atoms with Crippen LogP contribution in [-0.4, -0.2) is 63.5 Å². The van der Waals surface area contributed by atoms with E-state index in [1.165, 1.54) is 4.90 Å². The van der Waals surface area contributed by atoms with Gasteiger partial charge in [0.1, 0.15) is 5.82 Å². The number of ether oxygens (including phenoxy) is 1. The summed E-state index contributed by atoms with van der Waals surface area (Å²) in [6.07, 6.45) is 1.07. The summed E-state index contributed by atoms with van der Waals surface area (Å²) in [5.74, 6) is 0.517. The van der Waals surface area contributed by atoms with Crippen LogP contribution in [0.4, 0.5) is 0 Å². The Kier molecular flexibility index (Phi) is 4.34. The maximum atomic E-state index is 12.3. The summed E-state index contributed by atoms with van der Waals surface area (Å²) in [7, 11) is 1.66. The first-order valence-electron chi connectivity index (χ1n) is 7.20. The SMILES string of the molecule is CN(CC1(O)CCOCC1)C(=O)c1n[nH]c(C(C)(C)C)n1. The first-order valence-corrected chi connectivity index (χ1v) is 7.20. The maximum Gasteiger partial charge on any atom is 0.293 e. The zero-order valence-corrected chi connectivity index (χ0v) is 13.1. The quantitative estimate of drug-likeness (QED) is 0.857. The second kappa shape index (κ2) is 5.73. The van der Waals surface area contributed by atoms with Gasteiger partial charge in [-0.2, -0.15) is 0 Å². The van der Waals surface area contributed by atoms with Gasteiger partial charge in [0.25, 0.3) is 5.91 Å². The number of nitrogens with one attached hydrogen (secondary N) is 1. The molecule has 1 fully saturated rings. The van der Waals surface area contributed by atoms with E-state index in [1.807, 2.05) is 20.8 Å². The molecule has 0 saturated carbocycles. The van der Waals surface area contributed by atoms with Gasteiger partial charge in [0.15, 0.2) is 0 Å². The number of likely N-dealkylation sites (N-methyl/N-ethyl adjacent to an activating group) is 1. The van der Waals surface area contributed by atoms with Crippen LogP contribution in [0.1, 0.15) is 50.1 Å². The van der Waals surface area contributed by atoms with E-state index in [4.69, 9.17) is 4.74 Å². The Hall–Kier alpha value is -1.47. The van der Waals surface area contributed by atoms with Crippen molar-refractivity contribution in [1.29, 1.82) is 0 Å². The van der Waals surface area contributed by atoms with Gasteiger partial charge in [0.05, 0.1) is 5.60 Å². The minimum Gasteiger partial charge on any atom is -0.388 e. The number of carbonyl (C=O) groups is 1. The van der Waals surface area contributed by atoms with Gasteiger partial charge in [-0.1, -0.05) is 20.8 Å². The molecule has 0 radical (unpaired) electrons. The van der Waals surface area contributed by atoms with Crippen LogP contribution in [0.25, 0.3) is 0 Å². The Labute approximate surface area is 124 Å². The molecule has 2 N–H and O–H groups in total. The largest absolute Gasteiger partial charge is 0.388 e. The fourth-order valence-electron chi connectivity index (χ4n) is 2.29. The highest BCUT2D eigenvalue weighted by Gasteiger charge is 2.33. The molecule has 1 saturated heterocycles. The molecule has 0 spiro atoms. The van der Waals surface area contributed by atoms with Crippen LogP contribution in [0.2, 0.25) is 0 Å². The van der Waals surface area contributed by atoms with Crippen LogP contribution in [0, 0.1) is 0 Å². The lowest BCUT2D eigenvalue weighted by molar-refractivity contribution is -0.0735. The summed E-state index contributed by atoms with van der Waals surface area (Å²) >= 11 is 0. The van der Waals surface area contributed by atoms with Crippen LogP contribution in [0.15, 0.2) is 0 Å². The minimum atomic E-state index is -0.883. The van der Waals surface area contributed by atoms with Gasteiger partial charge in [-0.15, -0.1) is 5.10 Å². The molecule has 1 aromatic heterocycles. The lowest BCUT2D eigenvalue weighted by Crippen LogP contribution is -2.47. The molecule has 0 aromatic carbocycles. The molecule has 1 aliphatic rings. The van der Waals surface area contributed by atoms with Gasteiger partial charge in [-0.3, -0.25) is 9.89 Å². The van der Waals surface area contributed by atoms with Gasteiger partial charge in [0.2, 0.25) is 5.82 Å². The van der Waals surface area contributed by atoms with E-state index in [-0.39, 0.29) is 23.7 Å². The van der Waals surface area contributed by atoms with E-state index in [0.717, 1.165) is 0 Å². The summed E-state index contributed by atoms with van der Waals surface area (Å²) in [5.41, 5.74) is -1.07. The van der Waals surface area contributed by atoms with Crippen molar-refractivity contribution in [3.63, 3.8) is 0 Å². The highest BCUT2D eigenvalue weighted by atomic mass is 16.5. The van der Waals surface area contributed by atoms with Gasteiger partial charge in [-0.05, 0) is 0 Å². The van der Waals surface area contributed by atoms with Gasteiger partial charge >= 0.3 is 0 Å². The molecule has 1 amide bonds. The predicted molar refractivity (Wildman–Crippen MR) is 77.0 cm³/mol. The Morgan fingerprint density at radius 3 is 2.57 bits per heavy atom. The Balaban J connectivity index is 2.03. The molecule has 0 bridgehead atoms. The summed E-state index contributed by atoms with van der Waals surface area (Å²) in [4.78, 5) is 18.1. The van der Waals surface area contributed by atoms with Gasteiger partial charge < -0.3 is 14.7 Å². The third kappa shape index (κ3) is 3.79. The normalized spacial score (nSPS) is 18.5. The number of aromatic amines is 1. The molecule has 2 rings (SSSR count). The van der Waals surface area contributed by atoms with Crippen LogP contribution >= 0.6 is 0 Å². The van der Waals surface area contributed by atoms with E-state index < -0.39 is 5.60 Å². The average molecular weight is 296 g/mol. The zero-order chi connectivity index (χ0) is 15.7. The van der Waals surface area contributed by atoms with Crippen LogP contribution < -0.4 is 0 Å². The number of nitrogens with zero attached hydrogens (tertiary/aromatic N) is 3. The molecule has 1 aromatic rings. The molecule has 7 nitrogen and oxygen atoms in total. The Morgan fingerprint density at radius 2 is 2.05 bits per heavy atom. The van der Waals surface area contributed by atoms with Crippen molar-refractivity contribution >= 4 is 5.91 Å². The third-order valence-corrected chi connectivity index (χ3v) is 3.69. The van der Waals surface area contributed by atoms with Gasteiger partial charge in [-0.25, -0.2) is 4.98 Å². The molecule has 0 atom stereocenters. The second-order valence-corrected chi connectivity index (χ2v) is 6.76. The van der Waals surface area contributed by atoms with Crippen LogP contribution in [-0.2, 0) is 10.2 Å². The minimum absolute atomic E-state index is 0.137. The lowest BCUT2D eigenvalue weighted by Gasteiger charge is -2.35. The second-order valence-electron chi connectivity index (χ2n) is 6.76. The van der Waals surface area contributed by atoms with Crippen molar-refractivity contribution in [1.82, 2.24) is 20.1 Å². The molecule has 7 heteroatoms. The number of carbonyl (C=O) groups excluding carboxylic acids is 1. The topological polar surface area (TPSA) is 91.3 Å². The van der Waals surface area contributed by atoms with Crippen molar-refractivity contribution in [2.75, 3.05) is 26.8 Å². The van der Waals surface area contributed by atoms with E-state index in [9.17, 15) is 9.90 Å². The summed E-state index contributed by atoms with van der Waals surface area (Å²) in [5, 5.41) is 17.2. The van der Waals surface area contributed by atoms with Crippen molar-refractivity contribution < 1.29 is 14.6 Å². The summed E-state index contributed by atoms with van der Waals surface area (Å²) in [6.45, 7) is 7.29. The van der Waals surface area contributed by atoms with E-state index in [2.05, 4.69) is 15.2 Å². The lowest BCUT2D eigenvalue weighted by atomic mass is 9.94. The Bertz CT molecular complexity index is 501. The standard InChI is InChI=1S/C14H24N4O3/c1-13(2,3)12-15-10(16-17-12)11(19)18(4)9-14(20)5-7-21-8-6-14/h20H,5-9H2,1-4H3,(H,15,16,17). The number of hydrogen-bond donors (Lipinski definition) is 2. The van der Waals surface area contributed by atoms with E-state index in [1.54, 1.807) is 7.05 Å². The van der Waals surface area contributed by atoms with Crippen molar-refractivity contribution in [3.05, 3.63) is 11.6 Å². The van der Waals surface area contributed by atoms with Crippen LogP contribution in [0.3, 0.4) is 0 Å². The molecular formula is C14H24N4O3. The van der Waals surface area contributed by atoms with E-state index >= 15 is 0 Å². The summed E-state index contributed by atoms with van der Waals surface area (Å²) < 4.78 is 5.24. The zero-order valence-electron chi connectivity index (χ0n) is 13.1. The smallest absolute Gasteiger partial charge is 0.293 e. The Morgan fingerprint density at radius 1 is 1.43 bits per heavy atom. The van der Waals surface area contributed by atoms with Crippen molar-refractivity contribution in [2.24, 2.45) is 0 Å². The summed E-state index contributed by atoms with van der Waals surface area (Å²) in [6, 6.07) is 0. The van der Waals surface area contributed by atoms with E-state index in [0.29, 0.717) is 31.9 Å². The average Bonchev–Trinajstić information content (AvgIpc) is 2.87. The third-order valence-electron chi connectivity index (χ3n) is 3.69. The maximum absolute atomic E-state index is 12.3. The molecule has 21 heavy (non-hydrogen) atoms. The van der Waals surface area contributed by atoms with Crippen molar-refractivity contribution in [3.8, 4) is 0 Å². The molecule has 2 heterocycles. The monoisotopic (exact) mass is 296 g/mol. The number of amides is 1. The number of rotatable bonds is 3. The fraction of sp³-hybridized carbons (Fsp3) is 0.786. The van der Waals surface area contributed by atoms with Crippen molar-refractivity contribution in [2.45, 2.75) is 44.6 Å². The molecular weight excluding hydrogens is 272 g/mol. The number of H-pyrrole nitrogens is 1. The first-order chi connectivity index (χ1) is 9.71. The molecule has 118 valence electrons. The number of aliphatic hydroxyl groups is 1. The highest BCUT2D eigenvalue weighted by molar-refractivity contribution is 5.90. The molecule has 0 unspecified atom stereocenters. The van der Waals surface area contributed by atoms with Gasteiger partial charge in [0, 0.05) is 45.1 Å². The fourth-order valence-corrected chi connectivity index (χ4v) is 2.29. The first kappa shape index (κ1) is 15.9.